The average molecular weight is 278 g/mol. The van der Waals surface area contributed by atoms with Crippen molar-refractivity contribution < 1.29 is 18.8 Å². The second-order valence-electron chi connectivity index (χ2n) is 4.62. The zero-order valence-corrected chi connectivity index (χ0v) is 11.4. The van der Waals surface area contributed by atoms with E-state index >= 15 is 0 Å². The van der Waals surface area contributed by atoms with Crippen LogP contribution >= 0.6 is 0 Å². The molecule has 0 unspecified atom stereocenters. The summed E-state index contributed by atoms with van der Waals surface area (Å²) in [5.74, 6) is 0.0744. The summed E-state index contributed by atoms with van der Waals surface area (Å²) in [4.78, 5) is 0. The highest BCUT2D eigenvalue weighted by atomic mass is 19.1. The molecule has 0 saturated heterocycles. The van der Waals surface area contributed by atoms with E-state index in [1.54, 1.807) is 7.11 Å². The molecule has 0 aliphatic heterocycles. The van der Waals surface area contributed by atoms with Crippen molar-refractivity contribution in [2.75, 3.05) is 13.7 Å². The molecule has 4 heteroatoms. The highest BCUT2D eigenvalue weighted by Gasteiger charge is 2.05. The van der Waals surface area contributed by atoms with E-state index in [1.807, 2.05) is 29.6 Å². The highest BCUT2D eigenvalue weighted by Crippen LogP contribution is 2.12. The van der Waals surface area contributed by atoms with E-state index in [0.717, 1.165) is 24.8 Å². The van der Waals surface area contributed by atoms with Crippen LogP contribution in [0.15, 0.2) is 42.5 Å². The molecule has 0 atom stereocenters. The van der Waals surface area contributed by atoms with Crippen molar-refractivity contribution >= 4 is 0 Å². The Balaban J connectivity index is 1.82. The molecule has 2 aromatic carbocycles. The molecular formula is C16H18F2NO+. The average Bonchev–Trinajstić information content (AvgIpc) is 2.47. The predicted molar refractivity (Wildman–Crippen MR) is 73.6 cm³/mol. The van der Waals surface area contributed by atoms with Gasteiger partial charge in [0.05, 0.1) is 13.7 Å². The van der Waals surface area contributed by atoms with Gasteiger partial charge in [-0.05, 0) is 35.9 Å². The summed E-state index contributed by atoms with van der Waals surface area (Å²) in [5.41, 5.74) is 1.57. The van der Waals surface area contributed by atoms with Crippen LogP contribution in [-0.4, -0.2) is 13.7 Å². The van der Waals surface area contributed by atoms with Gasteiger partial charge in [0.1, 0.15) is 23.9 Å². The Labute approximate surface area is 117 Å². The molecule has 2 aromatic rings. The van der Waals surface area contributed by atoms with Gasteiger partial charge < -0.3 is 10.1 Å². The molecule has 0 aliphatic carbocycles. The first-order valence-corrected chi connectivity index (χ1v) is 6.57. The molecule has 0 fully saturated rings. The number of nitrogens with two attached hydrogens (primary N) is 1. The molecule has 0 amide bonds. The van der Waals surface area contributed by atoms with Crippen molar-refractivity contribution in [3.63, 3.8) is 0 Å². The molecule has 0 aromatic heterocycles. The first-order chi connectivity index (χ1) is 9.69. The van der Waals surface area contributed by atoms with Gasteiger partial charge in [-0.3, -0.25) is 0 Å². The fourth-order valence-electron chi connectivity index (χ4n) is 2.05. The first kappa shape index (κ1) is 14.5. The molecule has 0 saturated carbocycles. The van der Waals surface area contributed by atoms with Crippen LogP contribution in [0.25, 0.3) is 0 Å². The topological polar surface area (TPSA) is 25.8 Å². The Morgan fingerprint density at radius 2 is 1.95 bits per heavy atom. The quantitative estimate of drug-likeness (QED) is 0.806. The van der Waals surface area contributed by atoms with Crippen molar-refractivity contribution in [3.05, 3.63) is 65.2 Å². The van der Waals surface area contributed by atoms with Crippen molar-refractivity contribution in [1.29, 1.82) is 0 Å². The minimum Gasteiger partial charge on any atom is -0.497 e. The van der Waals surface area contributed by atoms with E-state index < -0.39 is 5.82 Å². The van der Waals surface area contributed by atoms with Crippen LogP contribution in [-0.2, 0) is 13.0 Å². The monoisotopic (exact) mass is 278 g/mol. The van der Waals surface area contributed by atoms with Gasteiger partial charge in [-0.1, -0.05) is 12.1 Å². The molecule has 0 bridgehead atoms. The van der Waals surface area contributed by atoms with Gasteiger partial charge >= 0.3 is 0 Å². The molecule has 0 spiro atoms. The van der Waals surface area contributed by atoms with Gasteiger partial charge in [0.2, 0.25) is 0 Å². The van der Waals surface area contributed by atoms with E-state index in [4.69, 9.17) is 4.74 Å². The van der Waals surface area contributed by atoms with Gasteiger partial charge in [-0.2, -0.15) is 0 Å². The molecule has 2 nitrogen and oxygen atoms in total. The summed E-state index contributed by atoms with van der Waals surface area (Å²) >= 11 is 0. The van der Waals surface area contributed by atoms with Crippen molar-refractivity contribution in [1.82, 2.24) is 0 Å². The van der Waals surface area contributed by atoms with E-state index in [1.165, 1.54) is 17.7 Å². The lowest BCUT2D eigenvalue weighted by Gasteiger charge is -2.05. The summed E-state index contributed by atoms with van der Waals surface area (Å²) in [6.07, 6.45) is 0.855. The first-order valence-electron chi connectivity index (χ1n) is 6.57. The van der Waals surface area contributed by atoms with E-state index in [0.29, 0.717) is 12.1 Å². The summed E-state index contributed by atoms with van der Waals surface area (Å²) in [6, 6.07) is 11.4. The number of methoxy groups -OCH3 is 1. The Morgan fingerprint density at radius 1 is 1.10 bits per heavy atom. The maximum absolute atomic E-state index is 13.4. The van der Waals surface area contributed by atoms with Crippen molar-refractivity contribution in [3.8, 4) is 5.75 Å². The van der Waals surface area contributed by atoms with Crippen LogP contribution in [0.2, 0.25) is 0 Å². The molecule has 0 radical (unpaired) electrons. The number of halogens is 2. The Bertz CT molecular complexity index is 572. The third kappa shape index (κ3) is 4.03. The SMILES string of the molecule is COc1cccc(CC[NH2+]Cc2cc(F)ccc2F)c1. The zero-order valence-electron chi connectivity index (χ0n) is 11.4. The fourth-order valence-corrected chi connectivity index (χ4v) is 2.05. The van der Waals surface area contributed by atoms with E-state index in [-0.39, 0.29) is 5.82 Å². The van der Waals surface area contributed by atoms with Gasteiger partial charge in [0.15, 0.2) is 0 Å². The van der Waals surface area contributed by atoms with Gasteiger partial charge in [0.25, 0.3) is 0 Å². The van der Waals surface area contributed by atoms with Gasteiger partial charge in [-0.25, -0.2) is 8.78 Å². The molecule has 2 rings (SSSR count). The van der Waals surface area contributed by atoms with Crippen LogP contribution in [0, 0.1) is 11.6 Å². The Hall–Kier alpha value is -1.94. The lowest BCUT2D eigenvalue weighted by atomic mass is 10.1. The number of hydrogen-bond acceptors (Lipinski definition) is 1. The van der Waals surface area contributed by atoms with Crippen LogP contribution in [0.5, 0.6) is 5.75 Å². The smallest absolute Gasteiger partial charge is 0.132 e. The Kier molecular flexibility index (Phi) is 5.07. The Morgan fingerprint density at radius 3 is 2.75 bits per heavy atom. The van der Waals surface area contributed by atoms with Crippen LogP contribution in [0.1, 0.15) is 11.1 Å². The maximum Gasteiger partial charge on any atom is 0.132 e. The number of rotatable bonds is 6. The van der Waals surface area contributed by atoms with E-state index in [9.17, 15) is 8.78 Å². The normalized spacial score (nSPS) is 10.6. The van der Waals surface area contributed by atoms with E-state index in [2.05, 4.69) is 0 Å². The third-order valence-electron chi connectivity index (χ3n) is 3.14. The van der Waals surface area contributed by atoms with Crippen molar-refractivity contribution in [2.24, 2.45) is 0 Å². The fraction of sp³-hybridized carbons (Fsp3) is 0.250. The van der Waals surface area contributed by atoms with Gasteiger partial charge in [-0.15, -0.1) is 0 Å². The summed E-state index contributed by atoms with van der Waals surface area (Å²) in [5, 5.41) is 1.97. The van der Waals surface area contributed by atoms with Crippen molar-refractivity contribution in [2.45, 2.75) is 13.0 Å². The van der Waals surface area contributed by atoms with Crippen LogP contribution in [0.4, 0.5) is 8.78 Å². The minimum absolute atomic E-state index is 0.357. The molecular weight excluding hydrogens is 260 g/mol. The molecule has 0 heterocycles. The number of hydrogen-bond donors (Lipinski definition) is 1. The van der Waals surface area contributed by atoms with Crippen LogP contribution < -0.4 is 10.1 Å². The number of ether oxygens (including phenoxy) is 1. The molecule has 106 valence electrons. The minimum atomic E-state index is -0.400. The predicted octanol–water partition coefficient (Wildman–Crippen LogP) is 2.28. The zero-order chi connectivity index (χ0) is 14.4. The lowest BCUT2D eigenvalue weighted by Crippen LogP contribution is -2.83. The summed E-state index contributed by atoms with van der Waals surface area (Å²) in [6.45, 7) is 1.25. The largest absolute Gasteiger partial charge is 0.497 e. The molecule has 2 N–H and O–H groups in total. The molecule has 20 heavy (non-hydrogen) atoms. The summed E-state index contributed by atoms with van der Waals surface area (Å²) in [7, 11) is 1.64. The standard InChI is InChI=1S/C16H17F2NO/c1-20-15-4-2-3-12(9-15)7-8-19-11-13-10-14(17)5-6-16(13)18/h2-6,9-10,19H,7-8,11H2,1H3/p+1. The van der Waals surface area contributed by atoms with Gasteiger partial charge in [0, 0.05) is 12.0 Å². The lowest BCUT2D eigenvalue weighted by molar-refractivity contribution is -0.670. The maximum atomic E-state index is 13.4. The number of quaternary nitrogens is 1. The van der Waals surface area contributed by atoms with Crippen LogP contribution in [0.3, 0.4) is 0 Å². The summed E-state index contributed by atoms with van der Waals surface area (Å²) < 4.78 is 31.6. The second kappa shape index (κ2) is 7.01. The number of benzene rings is 2. The third-order valence-corrected chi connectivity index (χ3v) is 3.14. The highest BCUT2D eigenvalue weighted by molar-refractivity contribution is 5.28. The molecule has 0 aliphatic rings. The second-order valence-corrected chi connectivity index (χ2v) is 4.62.